The second-order valence-corrected chi connectivity index (χ2v) is 9.17. The summed E-state index contributed by atoms with van der Waals surface area (Å²) >= 11 is 0. The molecule has 4 rings (SSSR count). The molecule has 1 aliphatic rings. The number of esters is 2. The first-order valence-corrected chi connectivity index (χ1v) is 11.9. The average molecular weight is 499 g/mol. The quantitative estimate of drug-likeness (QED) is 0.349. The van der Waals surface area contributed by atoms with Crippen molar-refractivity contribution in [3.05, 3.63) is 99.0 Å². The number of anilines is 1. The predicted octanol–water partition coefficient (Wildman–Crippen LogP) is 5.37. The van der Waals surface area contributed by atoms with Crippen molar-refractivity contribution in [2.24, 2.45) is 0 Å². The van der Waals surface area contributed by atoms with E-state index in [9.17, 15) is 14.4 Å². The van der Waals surface area contributed by atoms with Gasteiger partial charge in [-0.05, 0) is 87.7 Å². The largest absolute Gasteiger partial charge is 0.465 e. The van der Waals surface area contributed by atoms with Crippen LogP contribution < -0.4 is 4.90 Å². The minimum atomic E-state index is -0.575. The number of aromatic nitrogens is 1. The van der Waals surface area contributed by atoms with E-state index in [2.05, 4.69) is 0 Å². The second kappa shape index (κ2) is 9.93. The molecule has 0 saturated heterocycles. The Bertz CT molecular complexity index is 1490. The lowest BCUT2D eigenvalue weighted by Gasteiger charge is -2.19. The Labute approximate surface area is 216 Å². The lowest BCUT2D eigenvalue weighted by atomic mass is 10.0. The van der Waals surface area contributed by atoms with Gasteiger partial charge in [-0.15, -0.1) is 0 Å². The Morgan fingerprint density at radius 3 is 2.08 bits per heavy atom. The zero-order chi connectivity index (χ0) is 27.0. The van der Waals surface area contributed by atoms with Gasteiger partial charge >= 0.3 is 11.9 Å². The van der Waals surface area contributed by atoms with Crippen molar-refractivity contribution in [3.8, 4) is 5.69 Å². The molecule has 2 aromatic carbocycles. The molecule has 37 heavy (non-hydrogen) atoms. The zero-order valence-corrected chi connectivity index (χ0v) is 22.1. The van der Waals surface area contributed by atoms with Gasteiger partial charge in [-0.3, -0.25) is 9.69 Å². The van der Waals surface area contributed by atoms with Crippen LogP contribution in [0.3, 0.4) is 0 Å². The molecule has 0 spiro atoms. The Balaban J connectivity index is 1.88. The minimum absolute atomic E-state index is 0.228. The summed E-state index contributed by atoms with van der Waals surface area (Å²) < 4.78 is 12.0. The van der Waals surface area contributed by atoms with E-state index in [0.29, 0.717) is 22.6 Å². The Hall–Kier alpha value is -4.39. The molecular formula is C30H30N2O5. The normalized spacial score (nSPS) is 14.5. The second-order valence-electron chi connectivity index (χ2n) is 9.17. The molecule has 1 amide bonds. The SMILES string of the molecule is COC(=O)C1=C(C)N(c2cc(C)cc(C)c2)C(=O)/C1=C\c1cc(C)n(-c2ccccc2C(=O)OC)c1C. The summed E-state index contributed by atoms with van der Waals surface area (Å²) in [5.74, 6) is -1.32. The van der Waals surface area contributed by atoms with Crippen molar-refractivity contribution in [1.29, 1.82) is 0 Å². The summed E-state index contributed by atoms with van der Waals surface area (Å²) in [5, 5.41) is 0. The number of hydrogen-bond acceptors (Lipinski definition) is 5. The molecule has 0 fully saturated rings. The molecular weight excluding hydrogens is 468 g/mol. The van der Waals surface area contributed by atoms with Crippen LogP contribution in [0.25, 0.3) is 11.8 Å². The van der Waals surface area contributed by atoms with Gasteiger partial charge in [0.25, 0.3) is 5.91 Å². The fraction of sp³-hybridized carbons (Fsp3) is 0.233. The molecule has 2 heterocycles. The van der Waals surface area contributed by atoms with Gasteiger partial charge in [0, 0.05) is 22.8 Å². The molecule has 1 aromatic heterocycles. The van der Waals surface area contributed by atoms with Crippen LogP contribution >= 0.6 is 0 Å². The highest BCUT2D eigenvalue weighted by atomic mass is 16.5. The van der Waals surface area contributed by atoms with E-state index >= 15 is 0 Å². The predicted molar refractivity (Wildman–Crippen MR) is 143 cm³/mol. The number of ether oxygens (including phenoxy) is 2. The summed E-state index contributed by atoms with van der Waals surface area (Å²) in [6.45, 7) is 9.51. The Morgan fingerprint density at radius 2 is 1.46 bits per heavy atom. The van der Waals surface area contributed by atoms with E-state index in [1.165, 1.54) is 14.2 Å². The van der Waals surface area contributed by atoms with E-state index in [0.717, 1.165) is 28.1 Å². The summed E-state index contributed by atoms with van der Waals surface area (Å²) in [7, 11) is 2.65. The number of rotatable bonds is 5. The number of amides is 1. The number of allylic oxidation sites excluding steroid dienone is 1. The number of carbonyl (C=O) groups excluding carboxylic acids is 3. The number of nitrogens with zero attached hydrogens (tertiary/aromatic N) is 2. The number of methoxy groups -OCH3 is 2. The molecule has 0 aliphatic carbocycles. The van der Waals surface area contributed by atoms with Crippen LogP contribution in [0, 0.1) is 27.7 Å². The van der Waals surface area contributed by atoms with Crippen molar-refractivity contribution in [2.75, 3.05) is 19.1 Å². The number of hydrogen-bond donors (Lipinski definition) is 0. The first-order chi connectivity index (χ1) is 17.6. The van der Waals surface area contributed by atoms with Crippen molar-refractivity contribution in [2.45, 2.75) is 34.6 Å². The van der Waals surface area contributed by atoms with Crippen LogP contribution in [0.2, 0.25) is 0 Å². The van der Waals surface area contributed by atoms with Gasteiger partial charge in [0.1, 0.15) is 0 Å². The first-order valence-electron chi connectivity index (χ1n) is 11.9. The van der Waals surface area contributed by atoms with Crippen LogP contribution in [-0.2, 0) is 19.1 Å². The maximum atomic E-state index is 13.8. The van der Waals surface area contributed by atoms with Crippen molar-refractivity contribution < 1.29 is 23.9 Å². The lowest BCUT2D eigenvalue weighted by Crippen LogP contribution is -2.24. The zero-order valence-electron chi connectivity index (χ0n) is 22.1. The van der Waals surface area contributed by atoms with Crippen molar-refractivity contribution in [3.63, 3.8) is 0 Å². The fourth-order valence-electron chi connectivity index (χ4n) is 4.98. The fourth-order valence-corrected chi connectivity index (χ4v) is 4.98. The summed E-state index contributed by atoms with van der Waals surface area (Å²) in [6, 6.07) is 15.0. The highest BCUT2D eigenvalue weighted by molar-refractivity contribution is 6.24. The highest BCUT2D eigenvalue weighted by Gasteiger charge is 2.38. The number of benzene rings is 2. The van der Waals surface area contributed by atoms with E-state index in [1.807, 2.05) is 68.7 Å². The molecule has 0 radical (unpaired) electrons. The van der Waals surface area contributed by atoms with Crippen LogP contribution in [0.4, 0.5) is 5.69 Å². The average Bonchev–Trinajstić information content (AvgIpc) is 3.28. The number of aryl methyl sites for hydroxylation is 3. The van der Waals surface area contributed by atoms with E-state index < -0.39 is 11.9 Å². The molecule has 0 N–H and O–H groups in total. The van der Waals surface area contributed by atoms with Crippen LogP contribution in [0.1, 0.15) is 45.4 Å². The van der Waals surface area contributed by atoms with Crippen LogP contribution in [0.5, 0.6) is 0 Å². The van der Waals surface area contributed by atoms with Crippen LogP contribution in [-0.4, -0.2) is 36.6 Å². The van der Waals surface area contributed by atoms with Crippen LogP contribution in [0.15, 0.2) is 65.4 Å². The summed E-state index contributed by atoms with van der Waals surface area (Å²) in [4.78, 5) is 40.6. The van der Waals surface area contributed by atoms with Gasteiger partial charge < -0.3 is 14.0 Å². The molecule has 190 valence electrons. The topological polar surface area (TPSA) is 77.8 Å². The van der Waals surface area contributed by atoms with Gasteiger partial charge in [-0.1, -0.05) is 18.2 Å². The highest BCUT2D eigenvalue weighted by Crippen LogP contribution is 2.37. The number of carbonyl (C=O) groups is 3. The maximum Gasteiger partial charge on any atom is 0.340 e. The Morgan fingerprint density at radius 1 is 0.838 bits per heavy atom. The smallest absolute Gasteiger partial charge is 0.340 e. The summed E-state index contributed by atoms with van der Waals surface area (Å²) in [6.07, 6.45) is 1.72. The summed E-state index contributed by atoms with van der Waals surface area (Å²) in [5.41, 5.74) is 7.23. The van der Waals surface area contributed by atoms with Gasteiger partial charge in [0.15, 0.2) is 0 Å². The first kappa shape index (κ1) is 25.7. The molecule has 7 nitrogen and oxygen atoms in total. The van der Waals surface area contributed by atoms with Gasteiger partial charge in [-0.25, -0.2) is 9.59 Å². The molecule has 3 aromatic rings. The van der Waals surface area contributed by atoms with Crippen molar-refractivity contribution in [1.82, 2.24) is 4.57 Å². The molecule has 1 aliphatic heterocycles. The monoisotopic (exact) mass is 498 g/mol. The molecule has 0 atom stereocenters. The lowest BCUT2D eigenvalue weighted by molar-refractivity contribution is -0.136. The van der Waals surface area contributed by atoms with Gasteiger partial charge in [0.05, 0.1) is 36.6 Å². The Kier molecular flexibility index (Phi) is 6.90. The molecule has 7 heteroatoms. The van der Waals surface area contributed by atoms with E-state index in [1.54, 1.807) is 30.0 Å². The standard InChI is InChI=1S/C30H30N2O5/c1-17-12-18(2)14-23(13-17)32-21(5)27(30(35)37-7)25(28(32)33)16-22-15-19(3)31(20(22)4)26-11-9-8-10-24(26)29(34)36-6/h8-16H,1-7H3/b25-16-. The minimum Gasteiger partial charge on any atom is -0.465 e. The number of para-hydroxylation sites is 1. The molecule has 0 bridgehead atoms. The molecule has 0 unspecified atom stereocenters. The van der Waals surface area contributed by atoms with Crippen molar-refractivity contribution >= 4 is 29.6 Å². The maximum absolute atomic E-state index is 13.8. The third-order valence-corrected chi connectivity index (χ3v) is 6.57. The van der Waals surface area contributed by atoms with E-state index in [-0.39, 0.29) is 17.1 Å². The molecule has 0 saturated carbocycles. The third-order valence-electron chi connectivity index (χ3n) is 6.57. The van der Waals surface area contributed by atoms with Gasteiger partial charge in [-0.2, -0.15) is 0 Å². The van der Waals surface area contributed by atoms with E-state index in [4.69, 9.17) is 9.47 Å². The third kappa shape index (κ3) is 4.48. The van der Waals surface area contributed by atoms with Gasteiger partial charge in [0.2, 0.25) is 0 Å².